The van der Waals surface area contributed by atoms with Crippen molar-refractivity contribution in [2.45, 2.75) is 6.42 Å². The summed E-state index contributed by atoms with van der Waals surface area (Å²) >= 11 is 0. The molecule has 0 atom stereocenters. The number of hydrogen-bond acceptors (Lipinski definition) is 1. The van der Waals surface area contributed by atoms with Gasteiger partial charge in [0.15, 0.2) is 7.14 Å². The lowest BCUT2D eigenvalue weighted by atomic mass is 10.4. The molecule has 0 saturated carbocycles. The lowest BCUT2D eigenvalue weighted by Crippen LogP contribution is -2.16. The molecular weight excluding hydrogens is 275 g/mol. The molecule has 0 unspecified atom stereocenters. The van der Waals surface area contributed by atoms with Crippen LogP contribution in [0.15, 0.2) is 96.4 Å². The van der Waals surface area contributed by atoms with Crippen LogP contribution in [-0.2, 0) is 4.57 Å². The summed E-state index contributed by atoms with van der Waals surface area (Å²) in [5.74, 6) is 0. The first-order valence-electron chi connectivity index (χ1n) is 7.07. The molecule has 1 aliphatic rings. The van der Waals surface area contributed by atoms with Gasteiger partial charge >= 0.3 is 0 Å². The number of benzene rings is 2. The van der Waals surface area contributed by atoms with Crippen LogP contribution >= 0.6 is 7.14 Å². The highest BCUT2D eigenvalue weighted by Gasteiger charge is 2.30. The quantitative estimate of drug-likeness (QED) is 0.766. The molecule has 104 valence electrons. The average molecular weight is 292 g/mol. The summed E-state index contributed by atoms with van der Waals surface area (Å²) in [4.78, 5) is 0. The van der Waals surface area contributed by atoms with Crippen LogP contribution in [0.5, 0.6) is 0 Å². The van der Waals surface area contributed by atoms with Crippen LogP contribution in [0.1, 0.15) is 6.42 Å². The van der Waals surface area contributed by atoms with Gasteiger partial charge in [0.2, 0.25) is 0 Å². The molecule has 1 aliphatic carbocycles. The van der Waals surface area contributed by atoms with Crippen molar-refractivity contribution in [1.82, 2.24) is 0 Å². The fourth-order valence-electron chi connectivity index (χ4n) is 2.50. The van der Waals surface area contributed by atoms with Crippen molar-refractivity contribution in [3.05, 3.63) is 96.4 Å². The van der Waals surface area contributed by atoms with Gasteiger partial charge in [-0.15, -0.1) is 0 Å². The van der Waals surface area contributed by atoms with Crippen LogP contribution in [0.4, 0.5) is 0 Å². The lowest BCUT2D eigenvalue weighted by Gasteiger charge is -2.20. The largest absolute Gasteiger partial charge is 0.309 e. The molecule has 0 amide bonds. The van der Waals surface area contributed by atoms with Crippen molar-refractivity contribution in [2.24, 2.45) is 0 Å². The molecule has 0 fully saturated rings. The topological polar surface area (TPSA) is 17.1 Å². The summed E-state index contributed by atoms with van der Waals surface area (Å²) in [5.41, 5.74) is 0. The van der Waals surface area contributed by atoms with E-state index in [1.54, 1.807) is 0 Å². The first-order valence-corrected chi connectivity index (χ1v) is 8.78. The van der Waals surface area contributed by atoms with E-state index in [2.05, 4.69) is 12.2 Å². The summed E-state index contributed by atoms with van der Waals surface area (Å²) in [6.07, 6.45) is 11.0. The normalized spacial score (nSPS) is 14.6. The molecular formula is C19H17OP. The average Bonchev–Trinajstić information content (AvgIpc) is 2.85. The van der Waals surface area contributed by atoms with Crippen LogP contribution in [-0.4, -0.2) is 0 Å². The van der Waals surface area contributed by atoms with Crippen LogP contribution < -0.4 is 10.6 Å². The van der Waals surface area contributed by atoms with Gasteiger partial charge in [0.25, 0.3) is 0 Å². The van der Waals surface area contributed by atoms with E-state index in [1.807, 2.05) is 78.9 Å². The zero-order valence-electron chi connectivity index (χ0n) is 11.7. The Bertz CT molecular complexity index is 696. The van der Waals surface area contributed by atoms with Gasteiger partial charge < -0.3 is 4.57 Å². The second-order valence-electron chi connectivity index (χ2n) is 4.94. The fourth-order valence-corrected chi connectivity index (χ4v) is 5.19. The molecule has 1 nitrogen and oxygen atoms in total. The van der Waals surface area contributed by atoms with Gasteiger partial charge in [0, 0.05) is 15.9 Å². The van der Waals surface area contributed by atoms with E-state index in [1.165, 1.54) is 0 Å². The first-order chi connectivity index (χ1) is 10.3. The predicted molar refractivity (Wildman–Crippen MR) is 90.7 cm³/mol. The third kappa shape index (κ3) is 2.70. The van der Waals surface area contributed by atoms with Crippen molar-refractivity contribution >= 4 is 17.8 Å². The van der Waals surface area contributed by atoms with E-state index in [9.17, 15) is 4.57 Å². The Morgan fingerprint density at radius 2 is 1.33 bits per heavy atom. The van der Waals surface area contributed by atoms with Gasteiger partial charge in [0.1, 0.15) is 0 Å². The second kappa shape index (κ2) is 6.11. The van der Waals surface area contributed by atoms with Crippen molar-refractivity contribution < 1.29 is 4.57 Å². The van der Waals surface area contributed by atoms with Crippen LogP contribution in [0.2, 0.25) is 0 Å². The standard InChI is InChI=1S/C19H17OP/c20-21(18-13-7-3-8-14-18,19-15-9-4-10-16-19)17-11-5-1-2-6-12-17/h1,3-16H,2H2. The van der Waals surface area contributed by atoms with Crippen molar-refractivity contribution in [1.29, 1.82) is 0 Å². The van der Waals surface area contributed by atoms with E-state index < -0.39 is 7.14 Å². The Morgan fingerprint density at radius 3 is 1.90 bits per heavy atom. The van der Waals surface area contributed by atoms with E-state index in [4.69, 9.17) is 0 Å². The third-order valence-corrected chi connectivity index (χ3v) is 6.64. The van der Waals surface area contributed by atoms with E-state index in [0.717, 1.165) is 22.3 Å². The Hall–Kier alpha value is -2.11. The van der Waals surface area contributed by atoms with E-state index in [0.29, 0.717) is 0 Å². The summed E-state index contributed by atoms with van der Waals surface area (Å²) in [6.45, 7) is 0. The fraction of sp³-hybridized carbons (Fsp3) is 0.0526. The van der Waals surface area contributed by atoms with Gasteiger partial charge in [-0.1, -0.05) is 91.0 Å². The molecule has 2 aromatic rings. The van der Waals surface area contributed by atoms with Crippen molar-refractivity contribution in [2.75, 3.05) is 0 Å². The highest BCUT2D eigenvalue weighted by Crippen LogP contribution is 2.52. The van der Waals surface area contributed by atoms with Crippen LogP contribution in [0.3, 0.4) is 0 Å². The predicted octanol–water partition coefficient (Wildman–Crippen LogP) is 4.40. The molecule has 3 rings (SSSR count). The molecule has 0 aromatic heterocycles. The van der Waals surface area contributed by atoms with Crippen molar-refractivity contribution in [3.63, 3.8) is 0 Å². The molecule has 0 saturated heterocycles. The molecule has 0 heterocycles. The summed E-state index contributed by atoms with van der Waals surface area (Å²) in [7, 11) is -2.80. The summed E-state index contributed by atoms with van der Waals surface area (Å²) in [5, 5.41) is 2.64. The van der Waals surface area contributed by atoms with E-state index in [-0.39, 0.29) is 0 Å². The van der Waals surface area contributed by atoms with Gasteiger partial charge in [-0.3, -0.25) is 0 Å². The number of rotatable bonds is 3. The molecule has 2 heteroatoms. The minimum atomic E-state index is -2.80. The Kier molecular flexibility index (Phi) is 4.03. The lowest BCUT2D eigenvalue weighted by molar-refractivity contribution is 0.591. The molecule has 21 heavy (non-hydrogen) atoms. The smallest absolute Gasteiger partial charge is 0.171 e. The minimum Gasteiger partial charge on any atom is -0.309 e. The van der Waals surface area contributed by atoms with Crippen LogP contribution in [0, 0.1) is 0 Å². The molecule has 0 N–H and O–H groups in total. The maximum atomic E-state index is 14.0. The summed E-state index contributed by atoms with van der Waals surface area (Å²) < 4.78 is 14.0. The van der Waals surface area contributed by atoms with Gasteiger partial charge in [-0.05, 0) is 6.42 Å². The molecule has 0 spiro atoms. The Morgan fingerprint density at radius 1 is 0.762 bits per heavy atom. The number of hydrogen-bond donors (Lipinski definition) is 0. The molecule has 0 aliphatic heterocycles. The molecule has 0 bridgehead atoms. The Balaban J connectivity index is 2.23. The molecule has 2 aromatic carbocycles. The van der Waals surface area contributed by atoms with Gasteiger partial charge in [-0.2, -0.15) is 0 Å². The third-order valence-electron chi connectivity index (χ3n) is 3.57. The maximum Gasteiger partial charge on any atom is 0.171 e. The highest BCUT2D eigenvalue weighted by molar-refractivity contribution is 7.82. The first kappa shape index (κ1) is 13.9. The SMILES string of the molecule is O=P(C1=CC=CCC=C1)(c1ccccc1)c1ccccc1. The monoisotopic (exact) mass is 292 g/mol. The highest BCUT2D eigenvalue weighted by atomic mass is 31.2. The zero-order valence-corrected chi connectivity index (χ0v) is 12.6. The second-order valence-corrected chi connectivity index (χ2v) is 7.71. The Labute approximate surface area is 125 Å². The maximum absolute atomic E-state index is 14.0. The zero-order chi connectivity index (χ0) is 14.5. The molecule has 0 radical (unpaired) electrons. The van der Waals surface area contributed by atoms with Gasteiger partial charge in [0.05, 0.1) is 0 Å². The van der Waals surface area contributed by atoms with Crippen molar-refractivity contribution in [3.8, 4) is 0 Å². The summed E-state index contributed by atoms with van der Waals surface area (Å²) in [6, 6.07) is 19.5. The van der Waals surface area contributed by atoms with Gasteiger partial charge in [-0.25, -0.2) is 0 Å². The minimum absolute atomic E-state index is 0.877. The van der Waals surface area contributed by atoms with E-state index >= 15 is 0 Å². The van der Waals surface area contributed by atoms with Crippen LogP contribution in [0.25, 0.3) is 0 Å². The number of allylic oxidation sites excluding steroid dienone is 6.